The summed E-state index contributed by atoms with van der Waals surface area (Å²) in [6.45, 7) is 1.77. The van der Waals surface area contributed by atoms with Crippen molar-refractivity contribution in [2.24, 2.45) is 0 Å². The van der Waals surface area contributed by atoms with E-state index in [1.807, 2.05) is 0 Å². The summed E-state index contributed by atoms with van der Waals surface area (Å²) in [5, 5.41) is 16.6. The van der Waals surface area contributed by atoms with E-state index in [2.05, 4.69) is 10.2 Å². The molecule has 0 aliphatic rings. The minimum absolute atomic E-state index is 0.179. The number of hydrogen-bond acceptors (Lipinski definition) is 2. The van der Waals surface area contributed by atoms with Crippen LogP contribution in [0.4, 0.5) is 0 Å². The van der Waals surface area contributed by atoms with Crippen molar-refractivity contribution < 1.29 is 9.90 Å². The number of hydrogen-bond donors (Lipinski definition) is 2. The Bertz CT molecular complexity index is 519. The molecule has 0 saturated heterocycles. The summed E-state index contributed by atoms with van der Waals surface area (Å²) < 4.78 is 0. The molecule has 1 heterocycles. The van der Waals surface area contributed by atoms with E-state index in [-0.39, 0.29) is 5.56 Å². The molecule has 0 spiro atoms. The van der Waals surface area contributed by atoms with Crippen LogP contribution in [-0.2, 0) is 0 Å². The normalized spacial score (nSPS) is 10.7. The third-order valence-corrected chi connectivity index (χ3v) is 2.25. The lowest BCUT2D eigenvalue weighted by Crippen LogP contribution is -1.97. The van der Waals surface area contributed by atoms with Gasteiger partial charge in [0.05, 0.1) is 11.1 Å². The molecule has 1 aromatic heterocycles. The van der Waals surface area contributed by atoms with E-state index in [9.17, 15) is 4.79 Å². The molecular weight excluding hydrogens is 204 g/mol. The average Bonchev–Trinajstić information content (AvgIpc) is 2.46. The molecule has 2 rings (SSSR count). The van der Waals surface area contributed by atoms with Crippen LogP contribution in [0.25, 0.3) is 10.9 Å². The van der Waals surface area contributed by atoms with Crippen molar-refractivity contribution in [3.8, 4) is 0 Å². The number of aromatic amines is 1. The van der Waals surface area contributed by atoms with Gasteiger partial charge in [0.15, 0.2) is 0 Å². The number of H-pyrrole nitrogens is 1. The topological polar surface area (TPSA) is 66.0 Å². The summed E-state index contributed by atoms with van der Waals surface area (Å²) in [4.78, 5) is 10.9. The SMILES string of the molecule is Cc1[nH]nc2cc(Cl)cc(C(=O)O)c12. The highest BCUT2D eigenvalue weighted by molar-refractivity contribution is 6.32. The zero-order valence-electron chi connectivity index (χ0n) is 7.34. The number of aryl methyl sites for hydroxylation is 1. The fourth-order valence-corrected chi connectivity index (χ4v) is 1.66. The Balaban J connectivity index is 2.90. The number of nitrogens with one attached hydrogen (secondary N) is 1. The van der Waals surface area contributed by atoms with Gasteiger partial charge in [0, 0.05) is 16.1 Å². The molecule has 72 valence electrons. The second kappa shape index (κ2) is 2.99. The molecule has 4 nitrogen and oxygen atoms in total. The summed E-state index contributed by atoms with van der Waals surface area (Å²) in [6, 6.07) is 3.06. The van der Waals surface area contributed by atoms with E-state index in [0.29, 0.717) is 15.9 Å². The van der Waals surface area contributed by atoms with Gasteiger partial charge in [0.1, 0.15) is 0 Å². The lowest BCUT2D eigenvalue weighted by Gasteiger charge is -1.98. The van der Waals surface area contributed by atoms with E-state index in [1.165, 1.54) is 6.07 Å². The Kier molecular flexibility index (Phi) is 1.93. The summed E-state index contributed by atoms with van der Waals surface area (Å²) in [6.07, 6.45) is 0. The first-order chi connectivity index (χ1) is 6.59. The highest BCUT2D eigenvalue weighted by Gasteiger charge is 2.13. The molecule has 0 bridgehead atoms. The largest absolute Gasteiger partial charge is 0.478 e. The monoisotopic (exact) mass is 210 g/mol. The molecule has 2 aromatic rings. The van der Waals surface area contributed by atoms with Gasteiger partial charge >= 0.3 is 5.97 Å². The number of benzene rings is 1. The second-order valence-electron chi connectivity index (χ2n) is 3.00. The van der Waals surface area contributed by atoms with Crippen molar-refractivity contribution in [2.75, 3.05) is 0 Å². The van der Waals surface area contributed by atoms with Crippen molar-refractivity contribution >= 4 is 28.5 Å². The van der Waals surface area contributed by atoms with Crippen molar-refractivity contribution in [3.05, 3.63) is 28.4 Å². The third kappa shape index (κ3) is 1.24. The lowest BCUT2D eigenvalue weighted by molar-refractivity contribution is 0.0699. The Hall–Kier alpha value is -1.55. The summed E-state index contributed by atoms with van der Waals surface area (Å²) >= 11 is 5.76. The van der Waals surface area contributed by atoms with Gasteiger partial charge in [0.2, 0.25) is 0 Å². The molecule has 0 amide bonds. The van der Waals surface area contributed by atoms with Crippen molar-refractivity contribution in [1.29, 1.82) is 0 Å². The fourth-order valence-electron chi connectivity index (χ4n) is 1.44. The molecule has 2 N–H and O–H groups in total. The number of nitrogens with zero attached hydrogens (tertiary/aromatic N) is 1. The van der Waals surface area contributed by atoms with E-state index >= 15 is 0 Å². The first-order valence-corrected chi connectivity index (χ1v) is 4.35. The first kappa shape index (κ1) is 9.02. The van der Waals surface area contributed by atoms with Gasteiger partial charge in [-0.15, -0.1) is 0 Å². The van der Waals surface area contributed by atoms with Crippen LogP contribution >= 0.6 is 11.6 Å². The summed E-state index contributed by atoms with van der Waals surface area (Å²) in [5.74, 6) is -0.998. The Morgan fingerprint density at radius 3 is 2.93 bits per heavy atom. The third-order valence-electron chi connectivity index (χ3n) is 2.03. The Labute approximate surface area is 84.5 Å². The molecule has 5 heteroatoms. The van der Waals surface area contributed by atoms with Gasteiger partial charge in [-0.1, -0.05) is 11.6 Å². The minimum Gasteiger partial charge on any atom is -0.478 e. The zero-order valence-corrected chi connectivity index (χ0v) is 8.09. The Morgan fingerprint density at radius 1 is 1.57 bits per heavy atom. The number of rotatable bonds is 1. The molecule has 0 radical (unpaired) electrons. The van der Waals surface area contributed by atoms with Crippen molar-refractivity contribution in [1.82, 2.24) is 10.2 Å². The first-order valence-electron chi connectivity index (χ1n) is 3.97. The summed E-state index contributed by atoms with van der Waals surface area (Å²) in [5.41, 5.74) is 1.49. The number of fused-ring (bicyclic) bond motifs is 1. The molecule has 0 fully saturated rings. The fraction of sp³-hybridized carbons (Fsp3) is 0.111. The second-order valence-corrected chi connectivity index (χ2v) is 3.44. The number of carboxylic acids is 1. The number of aromatic carboxylic acids is 1. The highest BCUT2D eigenvalue weighted by atomic mass is 35.5. The maximum absolute atomic E-state index is 10.9. The van der Waals surface area contributed by atoms with Crippen LogP contribution in [0.1, 0.15) is 16.1 Å². The van der Waals surface area contributed by atoms with Crippen LogP contribution < -0.4 is 0 Å². The van der Waals surface area contributed by atoms with Gasteiger partial charge < -0.3 is 5.11 Å². The quantitative estimate of drug-likeness (QED) is 0.759. The van der Waals surface area contributed by atoms with Crippen LogP contribution in [0.5, 0.6) is 0 Å². The predicted octanol–water partition coefficient (Wildman–Crippen LogP) is 2.22. The zero-order chi connectivity index (χ0) is 10.3. The molecule has 1 aromatic carbocycles. The van der Waals surface area contributed by atoms with E-state index in [1.54, 1.807) is 13.0 Å². The maximum Gasteiger partial charge on any atom is 0.336 e. The molecule has 0 saturated carbocycles. The van der Waals surface area contributed by atoms with Crippen LogP contribution in [0.3, 0.4) is 0 Å². The number of carboxylic acid groups (broad SMARTS) is 1. The molecule has 0 aliphatic heterocycles. The maximum atomic E-state index is 10.9. The van der Waals surface area contributed by atoms with E-state index in [4.69, 9.17) is 16.7 Å². The highest BCUT2D eigenvalue weighted by Crippen LogP contribution is 2.24. The van der Waals surface area contributed by atoms with Crippen molar-refractivity contribution in [2.45, 2.75) is 6.92 Å². The van der Waals surface area contributed by atoms with Crippen LogP contribution in [0, 0.1) is 6.92 Å². The molecule has 0 unspecified atom stereocenters. The van der Waals surface area contributed by atoms with Gasteiger partial charge in [-0.2, -0.15) is 5.10 Å². The smallest absolute Gasteiger partial charge is 0.336 e. The van der Waals surface area contributed by atoms with Gasteiger partial charge in [-0.05, 0) is 19.1 Å². The average molecular weight is 211 g/mol. The Morgan fingerprint density at radius 2 is 2.29 bits per heavy atom. The van der Waals surface area contributed by atoms with Gasteiger partial charge in [0.25, 0.3) is 0 Å². The van der Waals surface area contributed by atoms with Crippen LogP contribution in [-0.4, -0.2) is 21.3 Å². The van der Waals surface area contributed by atoms with Crippen molar-refractivity contribution in [3.63, 3.8) is 0 Å². The molecular formula is C9H7ClN2O2. The predicted molar refractivity (Wildman–Crippen MR) is 52.8 cm³/mol. The summed E-state index contributed by atoms with van der Waals surface area (Å²) in [7, 11) is 0. The van der Waals surface area contributed by atoms with Gasteiger partial charge in [-0.25, -0.2) is 4.79 Å². The van der Waals surface area contributed by atoms with Crippen LogP contribution in [0.15, 0.2) is 12.1 Å². The van der Waals surface area contributed by atoms with E-state index < -0.39 is 5.97 Å². The number of carbonyl (C=O) groups is 1. The van der Waals surface area contributed by atoms with Gasteiger partial charge in [-0.3, -0.25) is 5.10 Å². The van der Waals surface area contributed by atoms with E-state index in [0.717, 1.165) is 5.69 Å². The standard InChI is InChI=1S/C9H7ClN2O2/c1-4-8-6(9(13)14)2-5(10)3-7(8)12-11-4/h2-3H,1H3,(H,11,12)(H,13,14). The van der Waals surface area contributed by atoms with Crippen LogP contribution in [0.2, 0.25) is 5.02 Å². The lowest BCUT2D eigenvalue weighted by atomic mass is 10.1. The molecule has 14 heavy (non-hydrogen) atoms. The number of aromatic nitrogens is 2. The molecule has 0 aliphatic carbocycles. The number of halogens is 1. The minimum atomic E-state index is -0.998. The molecule has 0 atom stereocenters.